The number of aromatic nitrogens is 1. The van der Waals surface area contributed by atoms with Gasteiger partial charge in [-0.1, -0.05) is 11.3 Å². The standard InChI is InChI=1S/C5H4F3NOS/c1-10-4-9-3(2-11-4)5(6,7)8/h2H,1H3. The minimum absolute atomic E-state index is 0.0253. The van der Waals surface area contributed by atoms with Gasteiger partial charge in [0.2, 0.25) is 0 Å². The fourth-order valence-corrected chi connectivity index (χ4v) is 1.13. The number of methoxy groups -OCH3 is 1. The van der Waals surface area contributed by atoms with Crippen LogP contribution in [0.4, 0.5) is 13.2 Å². The summed E-state index contributed by atoms with van der Waals surface area (Å²) in [6.45, 7) is 0. The second kappa shape index (κ2) is 2.69. The van der Waals surface area contributed by atoms with Crippen molar-refractivity contribution in [3.63, 3.8) is 0 Å². The zero-order valence-corrected chi connectivity index (χ0v) is 6.29. The van der Waals surface area contributed by atoms with Gasteiger partial charge >= 0.3 is 6.18 Å². The lowest BCUT2D eigenvalue weighted by atomic mass is 10.5. The summed E-state index contributed by atoms with van der Waals surface area (Å²) >= 11 is 0.823. The summed E-state index contributed by atoms with van der Waals surface area (Å²) in [4.78, 5) is 3.17. The number of hydrogen-bond acceptors (Lipinski definition) is 3. The number of thiazole rings is 1. The zero-order chi connectivity index (χ0) is 8.48. The van der Waals surface area contributed by atoms with Crippen LogP contribution in [0.1, 0.15) is 5.69 Å². The summed E-state index contributed by atoms with van der Waals surface area (Å²) in [5.74, 6) is 0. The molecule has 11 heavy (non-hydrogen) atoms. The summed E-state index contributed by atoms with van der Waals surface area (Å²) < 4.78 is 40.0. The van der Waals surface area contributed by atoms with Crippen LogP contribution in [-0.4, -0.2) is 12.1 Å². The summed E-state index contributed by atoms with van der Waals surface area (Å²) in [6, 6.07) is 0. The second-order valence-corrected chi connectivity index (χ2v) is 2.52. The normalized spacial score (nSPS) is 11.6. The highest BCUT2D eigenvalue weighted by molar-refractivity contribution is 7.11. The molecular formula is C5H4F3NOS. The lowest BCUT2D eigenvalue weighted by Crippen LogP contribution is -2.04. The Kier molecular flexibility index (Phi) is 2.03. The van der Waals surface area contributed by atoms with Gasteiger partial charge in [0.05, 0.1) is 7.11 Å². The molecule has 0 spiro atoms. The van der Waals surface area contributed by atoms with Crippen molar-refractivity contribution >= 4 is 11.3 Å². The predicted octanol–water partition coefficient (Wildman–Crippen LogP) is 2.17. The number of ether oxygens (including phenoxy) is 1. The van der Waals surface area contributed by atoms with Crippen molar-refractivity contribution in [3.8, 4) is 5.19 Å². The van der Waals surface area contributed by atoms with E-state index in [1.807, 2.05) is 0 Å². The van der Waals surface area contributed by atoms with Gasteiger partial charge in [0.25, 0.3) is 5.19 Å². The number of rotatable bonds is 1. The highest BCUT2D eigenvalue weighted by Crippen LogP contribution is 2.32. The first-order chi connectivity index (χ1) is 5.04. The second-order valence-electron chi connectivity index (χ2n) is 1.70. The fraction of sp³-hybridized carbons (Fsp3) is 0.400. The van der Waals surface area contributed by atoms with Crippen LogP contribution >= 0.6 is 11.3 Å². The topological polar surface area (TPSA) is 22.1 Å². The molecule has 62 valence electrons. The Hall–Kier alpha value is -0.780. The quantitative estimate of drug-likeness (QED) is 0.665. The first-order valence-corrected chi connectivity index (χ1v) is 3.48. The Morgan fingerprint density at radius 1 is 1.55 bits per heavy atom. The van der Waals surface area contributed by atoms with Crippen LogP contribution in [-0.2, 0) is 6.18 Å². The Labute approximate surface area is 64.6 Å². The van der Waals surface area contributed by atoms with Crippen LogP contribution in [0.25, 0.3) is 0 Å². The van der Waals surface area contributed by atoms with Crippen molar-refractivity contribution in [2.45, 2.75) is 6.18 Å². The molecule has 1 aromatic heterocycles. The van der Waals surface area contributed by atoms with E-state index < -0.39 is 11.9 Å². The molecule has 0 aliphatic rings. The Balaban J connectivity index is 2.89. The van der Waals surface area contributed by atoms with Crippen LogP contribution in [0.15, 0.2) is 5.38 Å². The molecular weight excluding hydrogens is 179 g/mol. The average Bonchev–Trinajstić information content (AvgIpc) is 2.32. The van der Waals surface area contributed by atoms with Gasteiger partial charge in [-0.2, -0.15) is 18.2 Å². The van der Waals surface area contributed by atoms with Crippen molar-refractivity contribution in [3.05, 3.63) is 11.1 Å². The third-order valence-corrected chi connectivity index (χ3v) is 1.75. The minimum Gasteiger partial charge on any atom is -0.473 e. The average molecular weight is 183 g/mol. The van der Waals surface area contributed by atoms with Crippen molar-refractivity contribution in [1.82, 2.24) is 4.98 Å². The van der Waals surface area contributed by atoms with Crippen LogP contribution in [0.5, 0.6) is 5.19 Å². The molecule has 0 radical (unpaired) electrons. The maximum atomic E-state index is 11.8. The monoisotopic (exact) mass is 183 g/mol. The van der Waals surface area contributed by atoms with Crippen molar-refractivity contribution < 1.29 is 17.9 Å². The summed E-state index contributed by atoms with van der Waals surface area (Å²) in [7, 11) is 1.28. The van der Waals surface area contributed by atoms with E-state index in [1.165, 1.54) is 7.11 Å². The molecule has 0 fully saturated rings. The van der Waals surface area contributed by atoms with E-state index in [9.17, 15) is 13.2 Å². The first-order valence-electron chi connectivity index (χ1n) is 2.61. The van der Waals surface area contributed by atoms with E-state index in [0.717, 1.165) is 16.7 Å². The number of alkyl halides is 3. The van der Waals surface area contributed by atoms with E-state index in [0.29, 0.717) is 0 Å². The molecule has 1 heterocycles. The fourth-order valence-electron chi connectivity index (χ4n) is 0.481. The van der Waals surface area contributed by atoms with Crippen LogP contribution < -0.4 is 4.74 Å². The van der Waals surface area contributed by atoms with Gasteiger partial charge in [0, 0.05) is 5.38 Å². The molecule has 6 heteroatoms. The maximum absolute atomic E-state index is 11.8. The Morgan fingerprint density at radius 3 is 2.45 bits per heavy atom. The molecule has 0 amide bonds. The molecule has 0 bridgehead atoms. The van der Waals surface area contributed by atoms with Gasteiger partial charge in [-0.05, 0) is 0 Å². The summed E-state index contributed by atoms with van der Waals surface area (Å²) in [6.07, 6.45) is -4.37. The van der Waals surface area contributed by atoms with E-state index in [2.05, 4.69) is 9.72 Å². The third kappa shape index (κ3) is 1.83. The van der Waals surface area contributed by atoms with Gasteiger partial charge in [0.15, 0.2) is 5.69 Å². The van der Waals surface area contributed by atoms with E-state index in [-0.39, 0.29) is 5.19 Å². The number of halogens is 3. The van der Waals surface area contributed by atoms with Gasteiger partial charge in [-0.25, -0.2) is 0 Å². The molecule has 0 aliphatic carbocycles. The summed E-state index contributed by atoms with van der Waals surface area (Å²) in [5.41, 5.74) is -0.903. The maximum Gasteiger partial charge on any atom is 0.434 e. The molecule has 0 aromatic carbocycles. The van der Waals surface area contributed by atoms with Crippen molar-refractivity contribution in [1.29, 1.82) is 0 Å². The predicted molar refractivity (Wildman–Crippen MR) is 33.7 cm³/mol. The lowest BCUT2D eigenvalue weighted by Gasteiger charge is -1.99. The molecule has 2 nitrogen and oxygen atoms in total. The van der Waals surface area contributed by atoms with Gasteiger partial charge in [-0.15, -0.1) is 0 Å². The van der Waals surface area contributed by atoms with E-state index in [4.69, 9.17) is 0 Å². The summed E-state index contributed by atoms with van der Waals surface area (Å²) in [5, 5.41) is 0.941. The highest BCUT2D eigenvalue weighted by Gasteiger charge is 2.33. The molecule has 0 atom stereocenters. The zero-order valence-electron chi connectivity index (χ0n) is 5.47. The Bertz CT molecular complexity index is 244. The largest absolute Gasteiger partial charge is 0.473 e. The van der Waals surface area contributed by atoms with E-state index >= 15 is 0 Å². The highest BCUT2D eigenvalue weighted by atomic mass is 32.1. The molecule has 0 aliphatic heterocycles. The van der Waals surface area contributed by atoms with E-state index in [1.54, 1.807) is 0 Å². The third-order valence-electron chi connectivity index (χ3n) is 0.948. The van der Waals surface area contributed by atoms with Gasteiger partial charge in [-0.3, -0.25) is 0 Å². The van der Waals surface area contributed by atoms with Gasteiger partial charge in [0.1, 0.15) is 0 Å². The van der Waals surface area contributed by atoms with Gasteiger partial charge < -0.3 is 4.74 Å². The smallest absolute Gasteiger partial charge is 0.434 e. The molecule has 0 unspecified atom stereocenters. The number of hydrogen-bond donors (Lipinski definition) is 0. The van der Waals surface area contributed by atoms with Crippen molar-refractivity contribution in [2.75, 3.05) is 7.11 Å². The van der Waals surface area contributed by atoms with Crippen molar-refractivity contribution in [2.24, 2.45) is 0 Å². The molecule has 1 rings (SSSR count). The Morgan fingerprint density at radius 2 is 2.18 bits per heavy atom. The SMILES string of the molecule is COc1nc(C(F)(F)F)cs1. The minimum atomic E-state index is -4.37. The lowest BCUT2D eigenvalue weighted by molar-refractivity contribution is -0.140. The van der Waals surface area contributed by atoms with Crippen LogP contribution in [0, 0.1) is 0 Å². The molecule has 0 saturated carbocycles. The molecule has 1 aromatic rings. The first kappa shape index (κ1) is 8.32. The van der Waals surface area contributed by atoms with Crippen LogP contribution in [0.2, 0.25) is 0 Å². The molecule has 0 saturated heterocycles. The molecule has 0 N–H and O–H groups in total. The van der Waals surface area contributed by atoms with Crippen LogP contribution in [0.3, 0.4) is 0 Å². The number of nitrogens with zero attached hydrogens (tertiary/aromatic N) is 1.